The first kappa shape index (κ1) is 17.1. The molecule has 0 saturated heterocycles. The molecular formula is C14H20Cl2N2O2. The van der Waals surface area contributed by atoms with Gasteiger partial charge in [0.15, 0.2) is 6.61 Å². The van der Waals surface area contributed by atoms with Crippen LogP contribution < -0.4 is 15.4 Å². The van der Waals surface area contributed by atoms with Crippen LogP contribution in [0.4, 0.5) is 0 Å². The Morgan fingerprint density at radius 2 is 2.05 bits per heavy atom. The van der Waals surface area contributed by atoms with E-state index in [9.17, 15) is 4.79 Å². The second-order valence-electron chi connectivity index (χ2n) is 4.67. The van der Waals surface area contributed by atoms with Crippen LogP contribution in [-0.2, 0) is 11.3 Å². The first-order chi connectivity index (χ1) is 9.43. The van der Waals surface area contributed by atoms with Crippen molar-refractivity contribution < 1.29 is 9.53 Å². The molecule has 4 nitrogen and oxygen atoms in total. The highest BCUT2D eigenvalue weighted by Gasteiger charge is 2.13. The number of carbonyl (C=O) groups is 1. The quantitative estimate of drug-likeness (QED) is 0.812. The van der Waals surface area contributed by atoms with E-state index in [1.807, 2.05) is 20.8 Å². The molecule has 1 amide bonds. The average molecular weight is 319 g/mol. The number of nitrogens with one attached hydrogen (secondary N) is 2. The zero-order chi connectivity index (χ0) is 15.1. The van der Waals surface area contributed by atoms with Crippen molar-refractivity contribution >= 4 is 29.1 Å². The van der Waals surface area contributed by atoms with Gasteiger partial charge >= 0.3 is 0 Å². The fraction of sp³-hybridized carbons (Fsp3) is 0.500. The smallest absolute Gasteiger partial charge is 0.258 e. The number of rotatable bonds is 7. The molecule has 112 valence electrons. The minimum atomic E-state index is -0.180. The van der Waals surface area contributed by atoms with E-state index in [4.69, 9.17) is 27.9 Å². The molecule has 20 heavy (non-hydrogen) atoms. The van der Waals surface area contributed by atoms with Gasteiger partial charge in [-0.05, 0) is 32.5 Å². The predicted octanol–water partition coefficient (Wildman–Crippen LogP) is 3.01. The van der Waals surface area contributed by atoms with Crippen LogP contribution in [0.2, 0.25) is 10.0 Å². The second kappa shape index (κ2) is 8.35. The van der Waals surface area contributed by atoms with Crippen molar-refractivity contribution in [3.63, 3.8) is 0 Å². The van der Waals surface area contributed by atoms with Crippen LogP contribution in [0, 0.1) is 0 Å². The molecule has 0 unspecified atom stereocenters. The highest BCUT2D eigenvalue weighted by molar-refractivity contribution is 6.35. The highest BCUT2D eigenvalue weighted by Crippen LogP contribution is 2.32. The lowest BCUT2D eigenvalue weighted by molar-refractivity contribution is -0.123. The number of ether oxygens (including phenoxy) is 1. The topological polar surface area (TPSA) is 50.4 Å². The van der Waals surface area contributed by atoms with Gasteiger partial charge in [-0.15, -0.1) is 0 Å². The lowest BCUT2D eigenvalue weighted by Crippen LogP contribution is -2.34. The molecule has 0 bridgehead atoms. The maximum absolute atomic E-state index is 11.6. The first-order valence-corrected chi connectivity index (χ1v) is 7.30. The number of carbonyl (C=O) groups excluding carboxylic acids is 1. The Morgan fingerprint density at radius 3 is 2.65 bits per heavy atom. The molecule has 0 aromatic heterocycles. The number of halogens is 2. The summed E-state index contributed by atoms with van der Waals surface area (Å²) in [5.74, 6) is 0.316. The normalized spacial score (nSPS) is 10.7. The van der Waals surface area contributed by atoms with Crippen LogP contribution in [0.1, 0.15) is 26.3 Å². The van der Waals surface area contributed by atoms with Crippen LogP contribution >= 0.6 is 23.2 Å². The van der Waals surface area contributed by atoms with E-state index in [-0.39, 0.29) is 18.6 Å². The molecule has 0 aliphatic carbocycles. The van der Waals surface area contributed by atoms with Gasteiger partial charge in [0.25, 0.3) is 5.91 Å². The third kappa shape index (κ3) is 5.57. The number of hydrogen-bond donors (Lipinski definition) is 2. The van der Waals surface area contributed by atoms with Crippen LogP contribution in [0.25, 0.3) is 0 Å². The number of benzene rings is 1. The van der Waals surface area contributed by atoms with E-state index in [1.54, 1.807) is 12.1 Å². The molecule has 0 aliphatic rings. The molecule has 2 N–H and O–H groups in total. The lowest BCUT2D eigenvalue weighted by Gasteiger charge is -2.15. The van der Waals surface area contributed by atoms with Gasteiger partial charge in [-0.3, -0.25) is 4.79 Å². The largest absolute Gasteiger partial charge is 0.482 e. The van der Waals surface area contributed by atoms with E-state index < -0.39 is 0 Å². The van der Waals surface area contributed by atoms with Crippen molar-refractivity contribution in [3.05, 3.63) is 27.7 Å². The average Bonchev–Trinajstić information content (AvgIpc) is 2.33. The fourth-order valence-electron chi connectivity index (χ4n) is 1.67. The van der Waals surface area contributed by atoms with E-state index in [2.05, 4.69) is 10.6 Å². The Bertz CT molecular complexity index is 465. The van der Waals surface area contributed by atoms with Gasteiger partial charge < -0.3 is 15.4 Å². The summed E-state index contributed by atoms with van der Waals surface area (Å²) in [6.45, 7) is 7.12. The summed E-state index contributed by atoms with van der Waals surface area (Å²) in [6, 6.07) is 3.47. The molecule has 0 atom stereocenters. The standard InChI is InChI=1S/C14H20Cl2N2O2/c1-4-17-7-10-5-11(15)6-12(16)14(10)20-8-13(19)18-9(2)3/h5-6,9,17H,4,7-8H2,1-3H3,(H,18,19). The Morgan fingerprint density at radius 1 is 1.35 bits per heavy atom. The summed E-state index contributed by atoms with van der Waals surface area (Å²) in [4.78, 5) is 11.6. The highest BCUT2D eigenvalue weighted by atomic mass is 35.5. The Hall–Kier alpha value is -0.970. The summed E-state index contributed by atoms with van der Waals surface area (Å²) in [7, 11) is 0. The van der Waals surface area contributed by atoms with Crippen molar-refractivity contribution in [1.29, 1.82) is 0 Å². The minimum Gasteiger partial charge on any atom is -0.482 e. The Balaban J connectivity index is 2.79. The van der Waals surface area contributed by atoms with Gasteiger partial charge in [0.05, 0.1) is 5.02 Å². The molecule has 0 spiro atoms. The van der Waals surface area contributed by atoms with Gasteiger partial charge in [0, 0.05) is 23.2 Å². The molecule has 0 saturated carbocycles. The number of hydrogen-bond acceptors (Lipinski definition) is 3. The third-order valence-electron chi connectivity index (χ3n) is 2.45. The van der Waals surface area contributed by atoms with E-state index in [1.165, 1.54) is 0 Å². The van der Waals surface area contributed by atoms with Crippen molar-refractivity contribution in [3.8, 4) is 5.75 Å². The lowest BCUT2D eigenvalue weighted by atomic mass is 10.2. The summed E-state index contributed by atoms with van der Waals surface area (Å²) in [5, 5.41) is 6.89. The van der Waals surface area contributed by atoms with E-state index in [0.717, 1.165) is 12.1 Å². The molecule has 0 radical (unpaired) electrons. The SMILES string of the molecule is CCNCc1cc(Cl)cc(Cl)c1OCC(=O)NC(C)C. The fourth-order valence-corrected chi connectivity index (χ4v) is 2.26. The zero-order valence-electron chi connectivity index (χ0n) is 11.9. The minimum absolute atomic E-state index is 0.0708. The summed E-state index contributed by atoms with van der Waals surface area (Å²) < 4.78 is 5.54. The van der Waals surface area contributed by atoms with Crippen molar-refractivity contribution in [2.75, 3.05) is 13.2 Å². The monoisotopic (exact) mass is 318 g/mol. The second-order valence-corrected chi connectivity index (χ2v) is 5.51. The summed E-state index contributed by atoms with van der Waals surface area (Å²) >= 11 is 12.1. The summed E-state index contributed by atoms with van der Waals surface area (Å²) in [6.07, 6.45) is 0. The molecule has 1 aromatic rings. The van der Waals surface area contributed by atoms with Crippen molar-refractivity contribution in [2.24, 2.45) is 0 Å². The van der Waals surface area contributed by atoms with Gasteiger partial charge in [0.2, 0.25) is 0 Å². The van der Waals surface area contributed by atoms with Crippen LogP contribution in [0.5, 0.6) is 5.75 Å². The molecule has 0 fully saturated rings. The molecule has 1 aromatic carbocycles. The zero-order valence-corrected chi connectivity index (χ0v) is 13.4. The molecule has 6 heteroatoms. The van der Waals surface area contributed by atoms with Gasteiger partial charge in [-0.25, -0.2) is 0 Å². The van der Waals surface area contributed by atoms with Gasteiger partial charge in [-0.1, -0.05) is 30.1 Å². The van der Waals surface area contributed by atoms with Crippen molar-refractivity contribution in [1.82, 2.24) is 10.6 Å². The van der Waals surface area contributed by atoms with Crippen LogP contribution in [0.15, 0.2) is 12.1 Å². The molecule has 0 aliphatic heterocycles. The predicted molar refractivity (Wildman–Crippen MR) is 82.6 cm³/mol. The maximum Gasteiger partial charge on any atom is 0.258 e. The number of amides is 1. The van der Waals surface area contributed by atoms with Crippen LogP contribution in [0.3, 0.4) is 0 Å². The first-order valence-electron chi connectivity index (χ1n) is 6.54. The van der Waals surface area contributed by atoms with E-state index >= 15 is 0 Å². The molecule has 1 rings (SSSR count). The summed E-state index contributed by atoms with van der Waals surface area (Å²) in [5.41, 5.74) is 0.835. The van der Waals surface area contributed by atoms with E-state index in [0.29, 0.717) is 22.3 Å². The Labute approximate surface area is 129 Å². The van der Waals surface area contributed by atoms with Gasteiger partial charge in [-0.2, -0.15) is 0 Å². The van der Waals surface area contributed by atoms with Crippen LogP contribution in [-0.4, -0.2) is 25.1 Å². The molecular weight excluding hydrogens is 299 g/mol. The maximum atomic E-state index is 11.6. The van der Waals surface area contributed by atoms with Crippen molar-refractivity contribution in [2.45, 2.75) is 33.4 Å². The Kier molecular flexibility index (Phi) is 7.13. The molecule has 0 heterocycles. The van der Waals surface area contributed by atoms with Gasteiger partial charge in [0.1, 0.15) is 5.75 Å². The third-order valence-corrected chi connectivity index (χ3v) is 2.95.